The maximum atomic E-state index is 5.73. The molecule has 0 unspecified atom stereocenters. The Hall–Kier alpha value is -2.03. The third-order valence-electron chi connectivity index (χ3n) is 2.73. The highest BCUT2D eigenvalue weighted by atomic mass is 16.5. The van der Waals surface area contributed by atoms with Crippen LogP contribution in [0.5, 0.6) is 11.6 Å². The van der Waals surface area contributed by atoms with Gasteiger partial charge in [0.25, 0.3) is 0 Å². The van der Waals surface area contributed by atoms with Gasteiger partial charge >= 0.3 is 0 Å². The van der Waals surface area contributed by atoms with Crippen molar-refractivity contribution in [3.05, 3.63) is 47.7 Å². The predicted molar refractivity (Wildman–Crippen MR) is 73.9 cm³/mol. The molecular formula is C15H18N2O. The molecule has 2 N–H and O–H groups in total. The Labute approximate surface area is 108 Å². The Bertz CT molecular complexity index is 521. The summed E-state index contributed by atoms with van der Waals surface area (Å²) < 4.78 is 5.73. The van der Waals surface area contributed by atoms with Gasteiger partial charge in [-0.2, -0.15) is 0 Å². The van der Waals surface area contributed by atoms with Gasteiger partial charge in [-0.25, -0.2) is 4.98 Å². The molecule has 1 heterocycles. The average Bonchev–Trinajstić information content (AvgIpc) is 2.35. The van der Waals surface area contributed by atoms with Crippen LogP contribution in [-0.2, 0) is 6.42 Å². The fourth-order valence-electron chi connectivity index (χ4n) is 1.82. The minimum absolute atomic E-state index is 0.604. The van der Waals surface area contributed by atoms with E-state index in [0.717, 1.165) is 24.2 Å². The third-order valence-corrected chi connectivity index (χ3v) is 2.73. The van der Waals surface area contributed by atoms with Crippen LogP contribution in [0.3, 0.4) is 0 Å². The number of ether oxygens (including phenoxy) is 1. The van der Waals surface area contributed by atoms with Crippen LogP contribution in [-0.4, -0.2) is 4.98 Å². The summed E-state index contributed by atoms with van der Waals surface area (Å²) in [4.78, 5) is 4.18. The molecular weight excluding hydrogens is 224 g/mol. The predicted octanol–water partition coefficient (Wildman–Crippen LogP) is 3.72. The standard InChI is InChI=1S/C15H18N2O/c1-3-4-12-5-7-14(8-6-12)18-15-11(2)9-13(16)10-17-15/h5-10H,3-4,16H2,1-2H3. The lowest BCUT2D eigenvalue weighted by molar-refractivity contribution is 0.459. The number of anilines is 1. The van der Waals surface area contributed by atoms with Crippen molar-refractivity contribution in [2.75, 3.05) is 5.73 Å². The highest BCUT2D eigenvalue weighted by Crippen LogP contribution is 2.24. The summed E-state index contributed by atoms with van der Waals surface area (Å²) in [5.41, 5.74) is 8.57. The molecule has 2 rings (SSSR count). The van der Waals surface area contributed by atoms with E-state index in [-0.39, 0.29) is 0 Å². The van der Waals surface area contributed by atoms with Crippen LogP contribution < -0.4 is 10.5 Å². The van der Waals surface area contributed by atoms with Crippen molar-refractivity contribution in [2.24, 2.45) is 0 Å². The molecule has 0 bridgehead atoms. The van der Waals surface area contributed by atoms with E-state index >= 15 is 0 Å². The van der Waals surface area contributed by atoms with Gasteiger partial charge in [-0.1, -0.05) is 25.5 Å². The molecule has 94 valence electrons. The first-order valence-electron chi connectivity index (χ1n) is 6.18. The summed E-state index contributed by atoms with van der Waals surface area (Å²) in [5.74, 6) is 1.41. The minimum atomic E-state index is 0.604. The summed E-state index contributed by atoms with van der Waals surface area (Å²) in [6.07, 6.45) is 3.85. The fraction of sp³-hybridized carbons (Fsp3) is 0.267. The first-order valence-corrected chi connectivity index (χ1v) is 6.18. The molecule has 0 spiro atoms. The van der Waals surface area contributed by atoms with Crippen molar-refractivity contribution >= 4 is 5.69 Å². The van der Waals surface area contributed by atoms with Crippen molar-refractivity contribution in [3.8, 4) is 11.6 Å². The Morgan fingerprint density at radius 3 is 2.56 bits per heavy atom. The number of nitrogen functional groups attached to an aromatic ring is 1. The minimum Gasteiger partial charge on any atom is -0.439 e. The molecule has 0 aliphatic rings. The lowest BCUT2D eigenvalue weighted by atomic mass is 10.1. The monoisotopic (exact) mass is 242 g/mol. The van der Waals surface area contributed by atoms with Crippen molar-refractivity contribution in [3.63, 3.8) is 0 Å². The number of hydrogen-bond donors (Lipinski definition) is 1. The van der Waals surface area contributed by atoms with Crippen LogP contribution in [0.2, 0.25) is 0 Å². The second-order valence-corrected chi connectivity index (χ2v) is 4.39. The van der Waals surface area contributed by atoms with E-state index in [4.69, 9.17) is 10.5 Å². The van der Waals surface area contributed by atoms with E-state index in [9.17, 15) is 0 Å². The topological polar surface area (TPSA) is 48.1 Å². The zero-order valence-electron chi connectivity index (χ0n) is 10.8. The van der Waals surface area contributed by atoms with Crippen LogP contribution in [0.1, 0.15) is 24.5 Å². The molecule has 1 aromatic heterocycles. The smallest absolute Gasteiger partial charge is 0.222 e. The number of rotatable bonds is 4. The number of aryl methyl sites for hydroxylation is 2. The van der Waals surface area contributed by atoms with E-state index in [0.29, 0.717) is 11.6 Å². The molecule has 0 atom stereocenters. The maximum Gasteiger partial charge on any atom is 0.222 e. The number of aromatic nitrogens is 1. The van der Waals surface area contributed by atoms with E-state index < -0.39 is 0 Å². The Kier molecular flexibility index (Phi) is 3.82. The summed E-state index contributed by atoms with van der Waals surface area (Å²) in [6, 6.07) is 9.98. The van der Waals surface area contributed by atoms with E-state index in [1.165, 1.54) is 5.56 Å². The Morgan fingerprint density at radius 2 is 1.94 bits per heavy atom. The first-order chi connectivity index (χ1) is 8.69. The van der Waals surface area contributed by atoms with Gasteiger partial charge in [-0.05, 0) is 37.1 Å². The van der Waals surface area contributed by atoms with Crippen LogP contribution in [0.15, 0.2) is 36.5 Å². The van der Waals surface area contributed by atoms with Crippen LogP contribution in [0.25, 0.3) is 0 Å². The van der Waals surface area contributed by atoms with Crippen molar-refractivity contribution in [1.82, 2.24) is 4.98 Å². The van der Waals surface area contributed by atoms with Crippen molar-refractivity contribution < 1.29 is 4.74 Å². The zero-order chi connectivity index (χ0) is 13.0. The van der Waals surface area contributed by atoms with Crippen molar-refractivity contribution in [2.45, 2.75) is 26.7 Å². The van der Waals surface area contributed by atoms with Gasteiger partial charge in [0.15, 0.2) is 0 Å². The highest BCUT2D eigenvalue weighted by Gasteiger charge is 2.03. The summed E-state index contributed by atoms with van der Waals surface area (Å²) in [5, 5.41) is 0. The molecule has 0 aliphatic heterocycles. The maximum absolute atomic E-state index is 5.73. The molecule has 2 aromatic rings. The molecule has 0 saturated carbocycles. The Morgan fingerprint density at radius 1 is 1.22 bits per heavy atom. The van der Waals surface area contributed by atoms with Gasteiger partial charge in [0.2, 0.25) is 5.88 Å². The van der Waals surface area contributed by atoms with E-state index in [2.05, 4.69) is 24.0 Å². The number of hydrogen-bond acceptors (Lipinski definition) is 3. The number of nitrogens with zero attached hydrogens (tertiary/aromatic N) is 1. The number of nitrogens with two attached hydrogens (primary N) is 1. The lowest BCUT2D eigenvalue weighted by Crippen LogP contribution is -1.94. The molecule has 18 heavy (non-hydrogen) atoms. The molecule has 0 radical (unpaired) electrons. The van der Waals surface area contributed by atoms with Gasteiger partial charge in [0, 0.05) is 5.56 Å². The van der Waals surface area contributed by atoms with E-state index in [1.54, 1.807) is 6.20 Å². The SMILES string of the molecule is CCCc1ccc(Oc2ncc(N)cc2C)cc1. The second-order valence-electron chi connectivity index (χ2n) is 4.39. The molecule has 0 aliphatic carbocycles. The Balaban J connectivity index is 2.13. The van der Waals surface area contributed by atoms with Crippen LogP contribution in [0.4, 0.5) is 5.69 Å². The molecule has 0 saturated heterocycles. The quantitative estimate of drug-likeness (QED) is 0.889. The number of pyridine rings is 1. The largest absolute Gasteiger partial charge is 0.439 e. The summed E-state index contributed by atoms with van der Waals surface area (Å²) >= 11 is 0. The van der Waals surface area contributed by atoms with Gasteiger partial charge in [-0.15, -0.1) is 0 Å². The average molecular weight is 242 g/mol. The normalized spacial score (nSPS) is 10.3. The first kappa shape index (κ1) is 12.4. The van der Waals surface area contributed by atoms with Gasteiger partial charge in [0.1, 0.15) is 5.75 Å². The lowest BCUT2D eigenvalue weighted by Gasteiger charge is -2.08. The summed E-state index contributed by atoms with van der Waals surface area (Å²) in [7, 11) is 0. The van der Waals surface area contributed by atoms with Gasteiger partial charge in [-0.3, -0.25) is 0 Å². The molecule has 0 amide bonds. The number of benzene rings is 1. The van der Waals surface area contributed by atoms with E-state index in [1.807, 2.05) is 25.1 Å². The second kappa shape index (κ2) is 5.54. The van der Waals surface area contributed by atoms with Gasteiger partial charge < -0.3 is 10.5 Å². The molecule has 3 heteroatoms. The molecule has 3 nitrogen and oxygen atoms in total. The molecule has 1 aromatic carbocycles. The van der Waals surface area contributed by atoms with Crippen LogP contribution in [0, 0.1) is 6.92 Å². The highest BCUT2D eigenvalue weighted by molar-refractivity contribution is 5.43. The van der Waals surface area contributed by atoms with Gasteiger partial charge in [0.05, 0.1) is 11.9 Å². The fourth-order valence-corrected chi connectivity index (χ4v) is 1.82. The van der Waals surface area contributed by atoms with Crippen molar-refractivity contribution in [1.29, 1.82) is 0 Å². The third kappa shape index (κ3) is 3.00. The molecule has 0 fully saturated rings. The summed E-state index contributed by atoms with van der Waals surface area (Å²) in [6.45, 7) is 4.11. The van der Waals surface area contributed by atoms with Crippen LogP contribution >= 0.6 is 0 Å². The zero-order valence-corrected chi connectivity index (χ0v) is 10.8.